The SMILES string of the molecule is CC.CCc1cccc2c1CN(C)C2=O. The van der Waals surface area contributed by atoms with Crippen LogP contribution in [0.3, 0.4) is 0 Å². The first-order chi connectivity index (χ1) is 7.24. The van der Waals surface area contributed by atoms with E-state index in [2.05, 4.69) is 13.0 Å². The molecule has 0 saturated carbocycles. The summed E-state index contributed by atoms with van der Waals surface area (Å²) in [6.07, 6.45) is 1.00. The topological polar surface area (TPSA) is 20.3 Å². The van der Waals surface area contributed by atoms with Gasteiger partial charge in [-0.2, -0.15) is 0 Å². The molecule has 0 radical (unpaired) electrons. The van der Waals surface area contributed by atoms with Crippen LogP contribution in [0.25, 0.3) is 0 Å². The summed E-state index contributed by atoms with van der Waals surface area (Å²) in [5.74, 6) is 0.158. The van der Waals surface area contributed by atoms with Crippen molar-refractivity contribution in [1.29, 1.82) is 0 Å². The molecule has 1 aliphatic heterocycles. The Labute approximate surface area is 91.9 Å². The molecule has 0 spiro atoms. The third-order valence-corrected chi connectivity index (χ3v) is 2.63. The Bertz CT molecular complexity index is 358. The average Bonchev–Trinajstić information content (AvgIpc) is 2.58. The number of fused-ring (bicyclic) bond motifs is 1. The average molecular weight is 205 g/mol. The van der Waals surface area contributed by atoms with Crippen LogP contribution in [0.5, 0.6) is 0 Å². The van der Waals surface area contributed by atoms with Crippen molar-refractivity contribution in [2.24, 2.45) is 0 Å². The molecule has 1 aliphatic rings. The van der Waals surface area contributed by atoms with E-state index in [9.17, 15) is 4.79 Å². The quantitative estimate of drug-likeness (QED) is 0.690. The summed E-state index contributed by atoms with van der Waals surface area (Å²) in [7, 11) is 1.85. The minimum atomic E-state index is 0.158. The van der Waals surface area contributed by atoms with Gasteiger partial charge in [0.15, 0.2) is 0 Å². The van der Waals surface area contributed by atoms with Crippen LogP contribution < -0.4 is 0 Å². The summed E-state index contributed by atoms with van der Waals surface area (Å²) in [4.78, 5) is 13.4. The standard InChI is InChI=1S/C11H13NO.C2H6/c1-3-8-5-4-6-9-10(8)7-12(2)11(9)13;1-2/h4-6H,3,7H2,1-2H3;1-2H3. The molecular weight excluding hydrogens is 186 g/mol. The number of nitrogens with zero attached hydrogens (tertiary/aromatic N) is 1. The minimum absolute atomic E-state index is 0.158. The van der Waals surface area contributed by atoms with Crippen molar-refractivity contribution in [1.82, 2.24) is 4.90 Å². The van der Waals surface area contributed by atoms with E-state index in [4.69, 9.17) is 0 Å². The Morgan fingerprint density at radius 3 is 2.60 bits per heavy atom. The second kappa shape index (κ2) is 4.96. The summed E-state index contributed by atoms with van der Waals surface area (Å²) in [6, 6.07) is 5.99. The van der Waals surface area contributed by atoms with E-state index in [0.29, 0.717) is 0 Å². The lowest BCUT2D eigenvalue weighted by atomic mass is 10.0. The third-order valence-electron chi connectivity index (χ3n) is 2.63. The van der Waals surface area contributed by atoms with Gasteiger partial charge in [-0.1, -0.05) is 32.9 Å². The number of rotatable bonds is 1. The van der Waals surface area contributed by atoms with Gasteiger partial charge in [0.05, 0.1) is 0 Å². The predicted molar refractivity (Wildman–Crippen MR) is 63.0 cm³/mol. The predicted octanol–water partition coefficient (Wildman–Crippen LogP) is 2.86. The normalized spacial score (nSPS) is 13.3. The monoisotopic (exact) mass is 205 g/mol. The fourth-order valence-corrected chi connectivity index (χ4v) is 1.87. The molecule has 0 unspecified atom stereocenters. The Morgan fingerprint density at radius 1 is 1.33 bits per heavy atom. The van der Waals surface area contributed by atoms with Crippen LogP contribution in [-0.2, 0) is 13.0 Å². The number of hydrogen-bond acceptors (Lipinski definition) is 1. The zero-order valence-corrected chi connectivity index (χ0v) is 10.0. The summed E-state index contributed by atoms with van der Waals surface area (Å²) in [5, 5.41) is 0. The van der Waals surface area contributed by atoms with Gasteiger partial charge in [0.25, 0.3) is 5.91 Å². The molecule has 0 aliphatic carbocycles. The van der Waals surface area contributed by atoms with Crippen molar-refractivity contribution in [3.8, 4) is 0 Å². The maximum Gasteiger partial charge on any atom is 0.254 e. The van der Waals surface area contributed by atoms with Gasteiger partial charge >= 0.3 is 0 Å². The smallest absolute Gasteiger partial charge is 0.254 e. The molecule has 1 aromatic carbocycles. The minimum Gasteiger partial charge on any atom is -0.337 e. The molecule has 1 amide bonds. The third kappa shape index (κ3) is 2.04. The molecule has 0 aromatic heterocycles. The molecule has 15 heavy (non-hydrogen) atoms. The van der Waals surface area contributed by atoms with E-state index >= 15 is 0 Å². The van der Waals surface area contributed by atoms with E-state index in [1.165, 1.54) is 11.1 Å². The highest BCUT2D eigenvalue weighted by atomic mass is 16.2. The van der Waals surface area contributed by atoms with E-state index < -0.39 is 0 Å². The van der Waals surface area contributed by atoms with Gasteiger partial charge in [-0.25, -0.2) is 0 Å². The zero-order chi connectivity index (χ0) is 11.4. The Morgan fingerprint density at radius 2 is 2.00 bits per heavy atom. The highest BCUT2D eigenvalue weighted by Crippen LogP contribution is 2.24. The molecule has 0 saturated heterocycles. The van der Waals surface area contributed by atoms with Crippen molar-refractivity contribution in [2.75, 3.05) is 7.05 Å². The van der Waals surface area contributed by atoms with Gasteiger partial charge in [-0.3, -0.25) is 4.79 Å². The molecule has 0 bridgehead atoms. The lowest BCUT2D eigenvalue weighted by Gasteiger charge is -2.05. The van der Waals surface area contributed by atoms with E-state index in [-0.39, 0.29) is 5.91 Å². The second-order valence-electron chi connectivity index (χ2n) is 3.46. The molecule has 2 rings (SSSR count). The Balaban J connectivity index is 0.000000531. The molecule has 1 aromatic rings. The molecular formula is C13H19NO. The maximum absolute atomic E-state index is 11.6. The summed E-state index contributed by atoms with van der Waals surface area (Å²) < 4.78 is 0. The fourth-order valence-electron chi connectivity index (χ4n) is 1.87. The number of carbonyl (C=O) groups is 1. The van der Waals surface area contributed by atoms with Crippen LogP contribution in [0.2, 0.25) is 0 Å². The number of amides is 1. The fraction of sp³-hybridized carbons (Fsp3) is 0.462. The van der Waals surface area contributed by atoms with Crippen LogP contribution in [0.4, 0.5) is 0 Å². The summed E-state index contributed by atoms with van der Waals surface area (Å²) in [5.41, 5.74) is 3.41. The number of benzene rings is 1. The van der Waals surface area contributed by atoms with E-state index in [1.807, 2.05) is 33.0 Å². The molecule has 0 N–H and O–H groups in total. The second-order valence-corrected chi connectivity index (χ2v) is 3.46. The molecule has 0 atom stereocenters. The van der Waals surface area contributed by atoms with Crippen LogP contribution in [0.15, 0.2) is 18.2 Å². The van der Waals surface area contributed by atoms with Crippen LogP contribution >= 0.6 is 0 Å². The number of hydrogen-bond donors (Lipinski definition) is 0. The highest BCUT2D eigenvalue weighted by Gasteiger charge is 2.25. The Hall–Kier alpha value is -1.31. The Kier molecular flexibility index (Phi) is 3.89. The van der Waals surface area contributed by atoms with Crippen molar-refractivity contribution in [3.63, 3.8) is 0 Å². The first-order valence-corrected chi connectivity index (χ1v) is 5.60. The molecule has 2 heteroatoms. The first-order valence-electron chi connectivity index (χ1n) is 5.60. The van der Waals surface area contributed by atoms with Crippen LogP contribution in [-0.4, -0.2) is 17.9 Å². The zero-order valence-electron chi connectivity index (χ0n) is 10.0. The van der Waals surface area contributed by atoms with Crippen molar-refractivity contribution in [2.45, 2.75) is 33.7 Å². The lowest BCUT2D eigenvalue weighted by Crippen LogP contribution is -2.17. The maximum atomic E-state index is 11.6. The lowest BCUT2D eigenvalue weighted by molar-refractivity contribution is 0.0816. The molecule has 2 nitrogen and oxygen atoms in total. The highest BCUT2D eigenvalue weighted by molar-refractivity contribution is 5.98. The summed E-state index contributed by atoms with van der Waals surface area (Å²) >= 11 is 0. The molecule has 1 heterocycles. The summed E-state index contributed by atoms with van der Waals surface area (Å²) in [6.45, 7) is 6.90. The largest absolute Gasteiger partial charge is 0.337 e. The number of aryl methyl sites for hydroxylation is 1. The van der Waals surface area contributed by atoms with E-state index in [1.54, 1.807) is 4.90 Å². The van der Waals surface area contributed by atoms with Crippen LogP contribution in [0, 0.1) is 0 Å². The first kappa shape index (κ1) is 11.8. The van der Waals surface area contributed by atoms with Gasteiger partial charge in [-0.05, 0) is 23.6 Å². The van der Waals surface area contributed by atoms with Gasteiger partial charge in [0.1, 0.15) is 0 Å². The van der Waals surface area contributed by atoms with E-state index in [0.717, 1.165) is 18.5 Å². The van der Waals surface area contributed by atoms with Gasteiger partial charge in [0.2, 0.25) is 0 Å². The van der Waals surface area contributed by atoms with Gasteiger partial charge in [-0.15, -0.1) is 0 Å². The van der Waals surface area contributed by atoms with Crippen LogP contribution in [0.1, 0.15) is 42.3 Å². The molecule has 82 valence electrons. The number of carbonyl (C=O) groups excluding carboxylic acids is 1. The van der Waals surface area contributed by atoms with Crippen molar-refractivity contribution in [3.05, 3.63) is 34.9 Å². The molecule has 0 fully saturated rings. The van der Waals surface area contributed by atoms with Crippen molar-refractivity contribution >= 4 is 5.91 Å². The van der Waals surface area contributed by atoms with Gasteiger partial charge in [0, 0.05) is 19.2 Å². The van der Waals surface area contributed by atoms with Gasteiger partial charge < -0.3 is 4.90 Å². The van der Waals surface area contributed by atoms with Crippen molar-refractivity contribution < 1.29 is 4.79 Å².